The van der Waals surface area contributed by atoms with E-state index in [-0.39, 0.29) is 5.91 Å². The first kappa shape index (κ1) is 13.2. The van der Waals surface area contributed by atoms with Crippen LogP contribution in [0.25, 0.3) is 0 Å². The fourth-order valence-corrected chi connectivity index (χ4v) is 2.44. The normalized spacial score (nSPS) is 10.2. The molecule has 0 saturated carbocycles. The first-order valence-electron chi connectivity index (χ1n) is 4.94. The lowest BCUT2D eigenvalue weighted by Crippen LogP contribution is -2.12. The first-order valence-corrected chi connectivity index (χ1v) is 6.53. The maximum absolute atomic E-state index is 12.6. The smallest absolute Gasteiger partial charge is 0.257 e. The molecular weight excluding hydrogens is 367 g/mol. The van der Waals surface area contributed by atoms with Crippen LogP contribution in [0.2, 0.25) is 0 Å². The molecule has 0 saturated heterocycles. The monoisotopic (exact) mass is 372 g/mol. The molecule has 0 fully saturated rings. The molecule has 1 aromatic heterocycles. The number of amides is 1. The van der Waals surface area contributed by atoms with Gasteiger partial charge in [-0.1, -0.05) is 15.9 Å². The Bertz CT molecular complexity index is 587. The Kier molecular flexibility index (Phi) is 4.08. The third-order valence-electron chi connectivity index (χ3n) is 2.17. The van der Waals surface area contributed by atoms with Crippen LogP contribution in [-0.4, -0.2) is 10.9 Å². The van der Waals surface area contributed by atoms with Gasteiger partial charge in [0.15, 0.2) is 0 Å². The summed E-state index contributed by atoms with van der Waals surface area (Å²) in [5.74, 6) is -0.957. The number of halogens is 3. The van der Waals surface area contributed by atoms with E-state index < -0.39 is 5.95 Å². The van der Waals surface area contributed by atoms with Gasteiger partial charge in [-0.05, 0) is 46.3 Å². The molecule has 0 aliphatic carbocycles. The SMILES string of the molecule is O=C(Nc1ccc(Br)cc1Br)c1ccc(F)nc1. The van der Waals surface area contributed by atoms with E-state index >= 15 is 0 Å². The molecule has 1 N–H and O–H groups in total. The van der Waals surface area contributed by atoms with Gasteiger partial charge in [0.05, 0.1) is 11.3 Å². The number of pyridine rings is 1. The molecule has 1 amide bonds. The number of aromatic nitrogens is 1. The van der Waals surface area contributed by atoms with Crippen LogP contribution in [0.1, 0.15) is 10.4 Å². The molecule has 0 aliphatic heterocycles. The minimum absolute atomic E-state index is 0.297. The number of hydrogen-bond donors (Lipinski definition) is 1. The fourth-order valence-electron chi connectivity index (χ4n) is 1.30. The minimum Gasteiger partial charge on any atom is -0.321 e. The Morgan fingerprint density at radius 1 is 1.22 bits per heavy atom. The zero-order valence-electron chi connectivity index (χ0n) is 8.95. The van der Waals surface area contributed by atoms with Crippen molar-refractivity contribution in [1.29, 1.82) is 0 Å². The number of anilines is 1. The second-order valence-electron chi connectivity index (χ2n) is 3.45. The van der Waals surface area contributed by atoms with Gasteiger partial charge in [-0.3, -0.25) is 4.79 Å². The predicted octanol–water partition coefficient (Wildman–Crippen LogP) is 4.00. The largest absolute Gasteiger partial charge is 0.321 e. The molecule has 2 aromatic rings. The number of nitrogens with zero attached hydrogens (tertiary/aromatic N) is 1. The molecule has 0 spiro atoms. The Labute approximate surface area is 120 Å². The summed E-state index contributed by atoms with van der Waals surface area (Å²) in [5.41, 5.74) is 0.929. The van der Waals surface area contributed by atoms with E-state index in [0.29, 0.717) is 11.3 Å². The second-order valence-corrected chi connectivity index (χ2v) is 5.22. The standard InChI is InChI=1S/C12H7Br2FN2O/c13-8-2-3-10(9(14)5-8)17-12(18)7-1-4-11(15)16-6-7/h1-6H,(H,17,18). The highest BCUT2D eigenvalue weighted by atomic mass is 79.9. The van der Waals surface area contributed by atoms with Crippen molar-refractivity contribution >= 4 is 43.5 Å². The summed E-state index contributed by atoms with van der Waals surface area (Å²) in [6.07, 6.45) is 1.19. The van der Waals surface area contributed by atoms with Crippen molar-refractivity contribution in [2.45, 2.75) is 0 Å². The Balaban J connectivity index is 2.18. The van der Waals surface area contributed by atoms with Crippen LogP contribution in [0.3, 0.4) is 0 Å². The van der Waals surface area contributed by atoms with Crippen LogP contribution < -0.4 is 5.32 Å². The van der Waals surface area contributed by atoms with E-state index in [2.05, 4.69) is 42.2 Å². The molecule has 0 atom stereocenters. The summed E-state index contributed by atoms with van der Waals surface area (Å²) in [6.45, 7) is 0. The highest BCUT2D eigenvalue weighted by Crippen LogP contribution is 2.26. The Morgan fingerprint density at radius 3 is 2.61 bits per heavy atom. The van der Waals surface area contributed by atoms with Crippen LogP contribution in [0.5, 0.6) is 0 Å². The van der Waals surface area contributed by atoms with Gasteiger partial charge in [-0.2, -0.15) is 4.39 Å². The van der Waals surface area contributed by atoms with Crippen molar-refractivity contribution in [1.82, 2.24) is 4.98 Å². The quantitative estimate of drug-likeness (QED) is 0.808. The lowest BCUT2D eigenvalue weighted by atomic mass is 10.2. The number of carbonyl (C=O) groups excluding carboxylic acids is 1. The number of rotatable bonds is 2. The molecule has 0 radical (unpaired) electrons. The number of carbonyl (C=O) groups is 1. The zero-order chi connectivity index (χ0) is 13.1. The molecule has 18 heavy (non-hydrogen) atoms. The van der Waals surface area contributed by atoms with E-state index in [0.717, 1.165) is 15.0 Å². The van der Waals surface area contributed by atoms with Crippen LogP contribution in [0.4, 0.5) is 10.1 Å². The molecule has 6 heteroatoms. The van der Waals surface area contributed by atoms with Crippen LogP contribution >= 0.6 is 31.9 Å². The number of benzene rings is 1. The summed E-state index contributed by atoms with van der Waals surface area (Å²) >= 11 is 6.66. The molecule has 2 rings (SSSR count). The van der Waals surface area contributed by atoms with Gasteiger partial charge in [0, 0.05) is 15.1 Å². The van der Waals surface area contributed by atoms with Gasteiger partial charge in [0.25, 0.3) is 5.91 Å². The summed E-state index contributed by atoms with van der Waals surface area (Å²) in [6, 6.07) is 7.90. The first-order chi connectivity index (χ1) is 8.56. The summed E-state index contributed by atoms with van der Waals surface area (Å²) < 4.78 is 14.3. The van der Waals surface area contributed by atoms with Crippen molar-refractivity contribution < 1.29 is 9.18 Å². The van der Waals surface area contributed by atoms with Crippen LogP contribution in [0.15, 0.2) is 45.5 Å². The fraction of sp³-hybridized carbons (Fsp3) is 0. The van der Waals surface area contributed by atoms with Crippen molar-refractivity contribution in [2.75, 3.05) is 5.32 Å². The third kappa shape index (κ3) is 3.14. The van der Waals surface area contributed by atoms with Gasteiger partial charge in [-0.15, -0.1) is 0 Å². The van der Waals surface area contributed by atoms with Crippen molar-refractivity contribution in [3.63, 3.8) is 0 Å². The number of hydrogen-bond acceptors (Lipinski definition) is 2. The zero-order valence-corrected chi connectivity index (χ0v) is 12.1. The predicted molar refractivity (Wildman–Crippen MR) is 74.0 cm³/mol. The van der Waals surface area contributed by atoms with E-state index in [9.17, 15) is 9.18 Å². The van der Waals surface area contributed by atoms with E-state index in [1.54, 1.807) is 6.07 Å². The molecule has 3 nitrogen and oxygen atoms in total. The molecule has 0 aliphatic rings. The number of nitrogens with one attached hydrogen (secondary N) is 1. The molecule has 1 heterocycles. The van der Waals surface area contributed by atoms with Crippen molar-refractivity contribution in [3.05, 3.63) is 57.0 Å². The second kappa shape index (κ2) is 5.58. The lowest BCUT2D eigenvalue weighted by Gasteiger charge is -2.07. The van der Waals surface area contributed by atoms with Gasteiger partial charge < -0.3 is 5.32 Å². The highest BCUT2D eigenvalue weighted by Gasteiger charge is 2.09. The van der Waals surface area contributed by atoms with Crippen LogP contribution in [0, 0.1) is 5.95 Å². The third-order valence-corrected chi connectivity index (χ3v) is 3.32. The average molecular weight is 374 g/mol. The lowest BCUT2D eigenvalue weighted by molar-refractivity contribution is 0.102. The van der Waals surface area contributed by atoms with Crippen molar-refractivity contribution in [2.24, 2.45) is 0 Å². The summed E-state index contributed by atoms with van der Waals surface area (Å²) in [4.78, 5) is 15.3. The van der Waals surface area contributed by atoms with Gasteiger partial charge in [0.1, 0.15) is 0 Å². The maximum atomic E-state index is 12.6. The molecule has 1 aromatic carbocycles. The van der Waals surface area contributed by atoms with Crippen LogP contribution in [-0.2, 0) is 0 Å². The maximum Gasteiger partial charge on any atom is 0.257 e. The Hall–Kier alpha value is -1.27. The summed E-state index contributed by atoms with van der Waals surface area (Å²) in [5, 5.41) is 2.70. The molecular formula is C12H7Br2FN2O. The minimum atomic E-state index is -0.614. The molecule has 0 bridgehead atoms. The van der Waals surface area contributed by atoms with E-state index in [1.807, 2.05) is 12.1 Å². The Morgan fingerprint density at radius 2 is 2.00 bits per heavy atom. The van der Waals surface area contributed by atoms with Gasteiger partial charge in [-0.25, -0.2) is 4.98 Å². The molecule has 0 unspecified atom stereocenters. The van der Waals surface area contributed by atoms with Crippen molar-refractivity contribution in [3.8, 4) is 0 Å². The van der Waals surface area contributed by atoms with E-state index in [1.165, 1.54) is 12.3 Å². The highest BCUT2D eigenvalue weighted by molar-refractivity contribution is 9.11. The van der Waals surface area contributed by atoms with Gasteiger partial charge in [0.2, 0.25) is 5.95 Å². The molecule has 92 valence electrons. The van der Waals surface area contributed by atoms with E-state index in [4.69, 9.17) is 0 Å². The summed E-state index contributed by atoms with van der Waals surface area (Å²) in [7, 11) is 0. The average Bonchev–Trinajstić information content (AvgIpc) is 2.33. The topological polar surface area (TPSA) is 42.0 Å². The van der Waals surface area contributed by atoms with Gasteiger partial charge >= 0.3 is 0 Å².